The van der Waals surface area contributed by atoms with Gasteiger partial charge in [-0.25, -0.2) is 4.98 Å². The first-order valence-electron chi connectivity index (χ1n) is 5.63. The van der Waals surface area contributed by atoms with Crippen molar-refractivity contribution in [2.24, 2.45) is 0 Å². The predicted octanol–water partition coefficient (Wildman–Crippen LogP) is 3.99. The molecule has 0 saturated heterocycles. The number of benzene rings is 1. The smallest absolute Gasteiger partial charge is 0.180 e. The fraction of sp³-hybridized carbons (Fsp3) is 0. The maximum Gasteiger partial charge on any atom is 0.180 e. The molecule has 0 unspecified atom stereocenters. The van der Waals surface area contributed by atoms with Gasteiger partial charge in [-0.3, -0.25) is 4.98 Å². The van der Waals surface area contributed by atoms with E-state index >= 15 is 0 Å². The molecule has 0 saturated carbocycles. The maximum atomic E-state index is 4.47. The van der Waals surface area contributed by atoms with E-state index in [4.69, 9.17) is 0 Å². The average molecular weight is 271 g/mol. The molecule has 4 aromatic rings. The monoisotopic (exact) mass is 271 g/mol. The van der Waals surface area contributed by atoms with Crippen LogP contribution in [0, 0.1) is 0 Å². The van der Waals surface area contributed by atoms with Crippen LogP contribution in [0.25, 0.3) is 10.9 Å². The molecule has 0 fully saturated rings. The van der Waals surface area contributed by atoms with Gasteiger partial charge in [0.2, 0.25) is 0 Å². The molecule has 0 atom stereocenters. The molecule has 19 heavy (non-hydrogen) atoms. The summed E-state index contributed by atoms with van der Waals surface area (Å²) in [6, 6.07) is 10.3. The van der Waals surface area contributed by atoms with Crippen LogP contribution in [0.4, 0.5) is 0 Å². The molecule has 0 aliphatic carbocycles. The number of rotatable bonds is 0. The van der Waals surface area contributed by atoms with Crippen molar-refractivity contribution in [3.05, 3.63) is 72.5 Å². The Labute approximate surface area is 114 Å². The number of hydrogen-bond acceptors (Lipinski definition) is 4. The Kier molecular flexibility index (Phi) is 5.38. The molecule has 4 rings (SSSR count). The van der Waals surface area contributed by atoms with Gasteiger partial charge in [0.1, 0.15) is 6.26 Å². The minimum atomic E-state index is 1.21. The number of H-pyrrole nitrogens is 1. The van der Waals surface area contributed by atoms with Gasteiger partial charge in [0.05, 0.1) is 11.7 Å². The van der Waals surface area contributed by atoms with E-state index in [2.05, 4.69) is 37.6 Å². The van der Waals surface area contributed by atoms with Gasteiger partial charge in [-0.1, -0.05) is 18.2 Å². The first-order valence-corrected chi connectivity index (χ1v) is 6.57. The average Bonchev–Trinajstić information content (AvgIpc) is 3.22. The Hall–Kier alpha value is -2.40. The number of para-hydroxylation sites is 1. The maximum absolute atomic E-state index is 4.47. The summed E-state index contributed by atoms with van der Waals surface area (Å²) >= 11 is 1.60. The lowest BCUT2D eigenvalue weighted by Gasteiger charge is -1.83. The zero-order valence-corrected chi connectivity index (χ0v) is 11.0. The summed E-state index contributed by atoms with van der Waals surface area (Å²) < 4.78 is 4.47. The topological polar surface area (TPSA) is 54.7 Å². The van der Waals surface area contributed by atoms with E-state index in [0.717, 1.165) is 0 Å². The summed E-state index contributed by atoms with van der Waals surface area (Å²) in [7, 11) is 0. The molecule has 4 nitrogen and oxygen atoms in total. The summed E-state index contributed by atoms with van der Waals surface area (Å²) in [6.45, 7) is 0. The third-order valence-corrected chi connectivity index (χ3v) is 2.68. The molecule has 0 radical (unpaired) electrons. The number of aromatic amines is 1. The SMILES string of the molecule is c1ccc2[nH]ccc2c1.c1cocn1.c1cscn1. The standard InChI is InChI=1S/C8H7N.C3H3NO.C3H3NS/c1-2-4-8-7(3-1)5-6-9-8;2*1-2-5-3-4-1/h1-6,9H;2*1-3H. The van der Waals surface area contributed by atoms with Gasteiger partial charge in [-0.2, -0.15) is 0 Å². The molecule has 0 spiro atoms. The van der Waals surface area contributed by atoms with Gasteiger partial charge in [-0.05, 0) is 17.5 Å². The number of oxazole rings is 1. The largest absolute Gasteiger partial charge is 0.452 e. The van der Waals surface area contributed by atoms with Gasteiger partial charge in [0, 0.05) is 23.3 Å². The molecular weight excluding hydrogens is 258 g/mol. The molecule has 5 heteroatoms. The molecule has 0 aliphatic rings. The van der Waals surface area contributed by atoms with Crippen LogP contribution in [0.3, 0.4) is 0 Å². The van der Waals surface area contributed by atoms with Gasteiger partial charge in [0.25, 0.3) is 0 Å². The van der Waals surface area contributed by atoms with E-state index in [-0.39, 0.29) is 0 Å². The number of nitrogens with one attached hydrogen (secondary N) is 1. The summed E-state index contributed by atoms with van der Waals surface area (Å²) in [5.74, 6) is 0. The van der Waals surface area contributed by atoms with Crippen molar-refractivity contribution in [2.75, 3.05) is 0 Å². The van der Waals surface area contributed by atoms with E-state index < -0.39 is 0 Å². The van der Waals surface area contributed by atoms with Gasteiger partial charge >= 0.3 is 0 Å². The van der Waals surface area contributed by atoms with Crippen molar-refractivity contribution >= 4 is 22.2 Å². The third-order valence-electron chi connectivity index (χ3n) is 2.16. The summed E-state index contributed by atoms with van der Waals surface area (Å²) in [5.41, 5.74) is 3.00. The molecule has 0 amide bonds. The van der Waals surface area contributed by atoms with Crippen molar-refractivity contribution in [1.82, 2.24) is 15.0 Å². The zero-order valence-electron chi connectivity index (χ0n) is 10.1. The van der Waals surface area contributed by atoms with E-state index in [1.807, 2.05) is 23.7 Å². The van der Waals surface area contributed by atoms with E-state index in [0.29, 0.717) is 0 Å². The van der Waals surface area contributed by atoms with Gasteiger partial charge in [0.15, 0.2) is 6.39 Å². The fourth-order valence-electron chi connectivity index (χ4n) is 1.35. The summed E-state index contributed by atoms with van der Waals surface area (Å²) in [5, 5.41) is 3.21. The fourth-order valence-corrected chi connectivity index (χ4v) is 1.70. The van der Waals surface area contributed by atoms with Gasteiger partial charge < -0.3 is 9.40 Å². The highest BCUT2D eigenvalue weighted by atomic mass is 32.1. The van der Waals surface area contributed by atoms with Crippen LogP contribution in [0.5, 0.6) is 0 Å². The number of nitrogens with zero attached hydrogens (tertiary/aromatic N) is 2. The molecule has 3 heterocycles. The number of fused-ring (bicyclic) bond motifs is 1. The van der Waals surface area contributed by atoms with E-state index in [9.17, 15) is 0 Å². The molecule has 1 N–H and O–H groups in total. The minimum absolute atomic E-state index is 1.21. The highest BCUT2D eigenvalue weighted by Gasteiger charge is 1.86. The second-order valence-corrected chi connectivity index (χ2v) is 4.17. The molecular formula is C14H13N3OS. The van der Waals surface area contributed by atoms with Crippen molar-refractivity contribution in [3.8, 4) is 0 Å². The third kappa shape index (κ3) is 4.77. The van der Waals surface area contributed by atoms with Crippen LogP contribution in [0.2, 0.25) is 0 Å². The molecule has 0 aliphatic heterocycles. The zero-order chi connectivity index (χ0) is 13.2. The Bertz CT molecular complexity index is 553. The number of hydrogen-bond donors (Lipinski definition) is 1. The predicted molar refractivity (Wildman–Crippen MR) is 76.9 cm³/mol. The minimum Gasteiger partial charge on any atom is -0.452 e. The molecule has 3 aromatic heterocycles. The Balaban J connectivity index is 0.000000114. The quantitative estimate of drug-likeness (QED) is 0.526. The first kappa shape index (κ1) is 13.0. The van der Waals surface area contributed by atoms with Crippen LogP contribution in [0.15, 0.2) is 76.9 Å². The Morgan fingerprint density at radius 1 is 1.05 bits per heavy atom. The lowest BCUT2D eigenvalue weighted by molar-refractivity contribution is 0.558. The highest BCUT2D eigenvalue weighted by molar-refractivity contribution is 7.07. The molecule has 96 valence electrons. The molecule has 1 aromatic carbocycles. The first-order chi connectivity index (χ1) is 9.47. The highest BCUT2D eigenvalue weighted by Crippen LogP contribution is 2.09. The second kappa shape index (κ2) is 7.84. The number of thiazole rings is 1. The van der Waals surface area contributed by atoms with Crippen molar-refractivity contribution in [1.29, 1.82) is 0 Å². The number of aromatic nitrogens is 3. The van der Waals surface area contributed by atoms with Crippen molar-refractivity contribution < 1.29 is 4.42 Å². The lowest BCUT2D eigenvalue weighted by atomic mass is 10.3. The van der Waals surface area contributed by atoms with E-state index in [1.165, 1.54) is 23.6 Å². The lowest BCUT2D eigenvalue weighted by Crippen LogP contribution is -1.61. The summed E-state index contributed by atoms with van der Waals surface area (Å²) in [6.07, 6.45) is 8.19. The Morgan fingerprint density at radius 2 is 2.00 bits per heavy atom. The second-order valence-electron chi connectivity index (χ2n) is 3.42. The van der Waals surface area contributed by atoms with E-state index in [1.54, 1.807) is 29.2 Å². The summed E-state index contributed by atoms with van der Waals surface area (Å²) in [4.78, 5) is 10.4. The van der Waals surface area contributed by atoms with Crippen LogP contribution in [-0.4, -0.2) is 15.0 Å². The van der Waals surface area contributed by atoms with Crippen LogP contribution < -0.4 is 0 Å². The molecule has 0 bridgehead atoms. The van der Waals surface area contributed by atoms with Crippen LogP contribution in [0.1, 0.15) is 0 Å². The normalized spacial score (nSPS) is 9.05. The Morgan fingerprint density at radius 3 is 2.53 bits per heavy atom. The van der Waals surface area contributed by atoms with Crippen molar-refractivity contribution in [3.63, 3.8) is 0 Å². The van der Waals surface area contributed by atoms with Crippen molar-refractivity contribution in [2.45, 2.75) is 0 Å². The van der Waals surface area contributed by atoms with Crippen LogP contribution >= 0.6 is 11.3 Å². The van der Waals surface area contributed by atoms with Crippen LogP contribution in [-0.2, 0) is 0 Å². The van der Waals surface area contributed by atoms with Gasteiger partial charge in [-0.15, -0.1) is 11.3 Å².